The van der Waals surface area contributed by atoms with Gasteiger partial charge in [-0.15, -0.1) is 0 Å². The first kappa shape index (κ1) is 18.0. The van der Waals surface area contributed by atoms with Gasteiger partial charge in [-0.05, 0) is 32.3 Å². The lowest BCUT2D eigenvalue weighted by Crippen LogP contribution is -2.53. The molecule has 2 rings (SSSR count). The van der Waals surface area contributed by atoms with Gasteiger partial charge in [-0.25, -0.2) is 0 Å². The minimum Gasteiger partial charge on any atom is -0.354 e. The summed E-state index contributed by atoms with van der Waals surface area (Å²) in [6.07, 6.45) is 4.65. The van der Waals surface area contributed by atoms with Gasteiger partial charge in [0.15, 0.2) is 0 Å². The van der Waals surface area contributed by atoms with Gasteiger partial charge in [0.25, 0.3) is 0 Å². The van der Waals surface area contributed by atoms with Gasteiger partial charge in [0.2, 0.25) is 5.91 Å². The number of amides is 1. The van der Waals surface area contributed by atoms with Crippen LogP contribution in [-0.4, -0.2) is 24.0 Å². The fourth-order valence-corrected chi connectivity index (χ4v) is 3.36. The van der Waals surface area contributed by atoms with E-state index in [4.69, 9.17) is 5.73 Å². The van der Waals surface area contributed by atoms with Gasteiger partial charge in [-0.3, -0.25) is 4.79 Å². The molecule has 0 radical (unpaired) electrons. The summed E-state index contributed by atoms with van der Waals surface area (Å²) in [7, 11) is 0. The normalized spacial score (nSPS) is 20.7. The van der Waals surface area contributed by atoms with Crippen LogP contribution in [0.5, 0.6) is 0 Å². The van der Waals surface area contributed by atoms with E-state index in [0.717, 1.165) is 12.8 Å². The van der Waals surface area contributed by atoms with Crippen molar-refractivity contribution in [2.75, 3.05) is 6.54 Å². The van der Waals surface area contributed by atoms with Crippen molar-refractivity contribution in [1.29, 1.82) is 0 Å². The Morgan fingerprint density at radius 1 is 1.17 bits per heavy atom. The fourth-order valence-electron chi connectivity index (χ4n) is 3.36. The fraction of sp³-hybridized carbons (Fsp3) is 0.632. The van der Waals surface area contributed by atoms with Crippen molar-refractivity contribution in [2.45, 2.75) is 64.1 Å². The molecule has 0 saturated heterocycles. The average Bonchev–Trinajstić information content (AvgIpc) is 3.01. The highest BCUT2D eigenvalue weighted by Crippen LogP contribution is 2.32. The molecule has 1 aliphatic rings. The SMILES string of the molecule is CC(NC1(CNC(=O)C(C)C(C)N)CCCC1)c1ccccc1. The van der Waals surface area contributed by atoms with Gasteiger partial charge in [0, 0.05) is 30.1 Å². The van der Waals surface area contributed by atoms with Crippen LogP contribution in [-0.2, 0) is 4.79 Å². The lowest BCUT2D eigenvalue weighted by Gasteiger charge is -2.35. The second-order valence-electron chi connectivity index (χ2n) is 7.13. The van der Waals surface area contributed by atoms with Crippen LogP contribution in [0.4, 0.5) is 0 Å². The summed E-state index contributed by atoms with van der Waals surface area (Å²) in [5.74, 6) is -0.0968. The highest BCUT2D eigenvalue weighted by Gasteiger charge is 2.35. The Bertz CT molecular complexity index is 495. The highest BCUT2D eigenvalue weighted by molar-refractivity contribution is 5.79. The molecule has 1 aromatic carbocycles. The second-order valence-corrected chi connectivity index (χ2v) is 7.13. The molecule has 23 heavy (non-hydrogen) atoms. The van der Waals surface area contributed by atoms with E-state index in [-0.39, 0.29) is 29.4 Å². The van der Waals surface area contributed by atoms with E-state index in [1.807, 2.05) is 19.9 Å². The summed E-state index contributed by atoms with van der Waals surface area (Å²) in [6, 6.07) is 10.6. The molecule has 1 fully saturated rings. The van der Waals surface area contributed by atoms with Crippen LogP contribution in [0, 0.1) is 5.92 Å². The van der Waals surface area contributed by atoms with E-state index >= 15 is 0 Å². The van der Waals surface area contributed by atoms with Gasteiger partial charge < -0.3 is 16.4 Å². The predicted molar refractivity (Wildman–Crippen MR) is 95.0 cm³/mol. The minimum atomic E-state index is -0.153. The Morgan fingerprint density at radius 3 is 2.35 bits per heavy atom. The van der Waals surface area contributed by atoms with Crippen LogP contribution in [0.15, 0.2) is 30.3 Å². The Morgan fingerprint density at radius 2 is 1.78 bits per heavy atom. The molecule has 4 N–H and O–H groups in total. The molecular formula is C19H31N3O. The maximum absolute atomic E-state index is 12.2. The molecule has 0 aromatic heterocycles. The van der Waals surface area contributed by atoms with Gasteiger partial charge in [-0.1, -0.05) is 50.1 Å². The van der Waals surface area contributed by atoms with Crippen LogP contribution in [0.25, 0.3) is 0 Å². The Hall–Kier alpha value is -1.39. The van der Waals surface area contributed by atoms with E-state index in [1.165, 1.54) is 18.4 Å². The van der Waals surface area contributed by atoms with Gasteiger partial charge in [-0.2, -0.15) is 0 Å². The number of carbonyl (C=O) groups is 1. The van der Waals surface area contributed by atoms with Crippen LogP contribution in [0.3, 0.4) is 0 Å². The molecule has 3 atom stereocenters. The number of hydrogen-bond acceptors (Lipinski definition) is 3. The number of nitrogens with two attached hydrogens (primary N) is 1. The predicted octanol–water partition coefficient (Wildman–Crippen LogP) is 2.75. The van der Waals surface area contributed by atoms with Crippen molar-refractivity contribution in [3.05, 3.63) is 35.9 Å². The van der Waals surface area contributed by atoms with Crippen LogP contribution in [0.2, 0.25) is 0 Å². The highest BCUT2D eigenvalue weighted by atomic mass is 16.1. The van der Waals surface area contributed by atoms with Crippen molar-refractivity contribution >= 4 is 5.91 Å². The topological polar surface area (TPSA) is 67.1 Å². The van der Waals surface area contributed by atoms with Crippen molar-refractivity contribution < 1.29 is 4.79 Å². The Balaban J connectivity index is 1.98. The summed E-state index contributed by atoms with van der Waals surface area (Å²) in [6.45, 7) is 6.65. The Labute approximate surface area is 140 Å². The molecule has 1 aromatic rings. The van der Waals surface area contributed by atoms with Crippen molar-refractivity contribution in [3.8, 4) is 0 Å². The third-order valence-electron chi connectivity index (χ3n) is 5.19. The van der Waals surface area contributed by atoms with Crippen molar-refractivity contribution in [1.82, 2.24) is 10.6 Å². The zero-order valence-electron chi connectivity index (χ0n) is 14.6. The standard InChI is InChI=1S/C19H31N3O/c1-14(15(2)20)18(23)21-13-19(11-7-8-12-19)22-16(3)17-9-5-4-6-10-17/h4-6,9-10,14-16,22H,7-8,11-13,20H2,1-3H3,(H,21,23). The van der Waals surface area contributed by atoms with E-state index < -0.39 is 0 Å². The maximum Gasteiger partial charge on any atom is 0.224 e. The third kappa shape index (κ3) is 4.79. The summed E-state index contributed by atoms with van der Waals surface area (Å²) in [5.41, 5.74) is 7.12. The molecule has 128 valence electrons. The number of carbonyl (C=O) groups excluding carboxylic acids is 1. The largest absolute Gasteiger partial charge is 0.354 e. The summed E-state index contributed by atoms with van der Waals surface area (Å²) >= 11 is 0. The number of rotatable bonds is 7. The van der Waals surface area contributed by atoms with E-state index in [0.29, 0.717) is 6.54 Å². The summed E-state index contributed by atoms with van der Waals surface area (Å²) < 4.78 is 0. The molecule has 0 bridgehead atoms. The quantitative estimate of drug-likeness (QED) is 0.724. The molecule has 0 aliphatic heterocycles. The van der Waals surface area contributed by atoms with Crippen LogP contribution >= 0.6 is 0 Å². The number of benzene rings is 1. The van der Waals surface area contributed by atoms with Gasteiger partial charge in [0.05, 0.1) is 0 Å². The zero-order valence-corrected chi connectivity index (χ0v) is 14.6. The third-order valence-corrected chi connectivity index (χ3v) is 5.19. The van der Waals surface area contributed by atoms with Gasteiger partial charge in [0.1, 0.15) is 0 Å². The molecule has 1 amide bonds. The minimum absolute atomic E-state index is 0.00246. The molecule has 4 heteroatoms. The molecule has 0 spiro atoms. The summed E-state index contributed by atoms with van der Waals surface area (Å²) in [5, 5.41) is 6.91. The second kappa shape index (κ2) is 7.93. The number of hydrogen-bond donors (Lipinski definition) is 3. The molecule has 4 nitrogen and oxygen atoms in total. The van der Waals surface area contributed by atoms with Crippen molar-refractivity contribution in [2.24, 2.45) is 11.7 Å². The monoisotopic (exact) mass is 317 g/mol. The van der Waals surface area contributed by atoms with Crippen LogP contribution < -0.4 is 16.4 Å². The lowest BCUT2D eigenvalue weighted by atomic mass is 9.94. The molecule has 0 heterocycles. The van der Waals surface area contributed by atoms with Crippen LogP contribution in [0.1, 0.15) is 58.1 Å². The summed E-state index contributed by atoms with van der Waals surface area (Å²) in [4.78, 5) is 12.2. The van der Waals surface area contributed by atoms with E-state index in [1.54, 1.807) is 0 Å². The Kier molecular flexibility index (Phi) is 6.19. The van der Waals surface area contributed by atoms with E-state index in [2.05, 4.69) is 41.8 Å². The lowest BCUT2D eigenvalue weighted by molar-refractivity contribution is -0.125. The molecule has 1 saturated carbocycles. The maximum atomic E-state index is 12.2. The first-order valence-corrected chi connectivity index (χ1v) is 8.79. The first-order valence-electron chi connectivity index (χ1n) is 8.79. The molecule has 3 unspecified atom stereocenters. The molecular weight excluding hydrogens is 286 g/mol. The first-order chi connectivity index (χ1) is 10.9. The smallest absolute Gasteiger partial charge is 0.224 e. The number of nitrogens with one attached hydrogen (secondary N) is 2. The van der Waals surface area contributed by atoms with E-state index in [9.17, 15) is 4.79 Å². The molecule has 1 aliphatic carbocycles. The zero-order chi connectivity index (χ0) is 16.9. The average molecular weight is 317 g/mol. The van der Waals surface area contributed by atoms with Gasteiger partial charge >= 0.3 is 0 Å². The van der Waals surface area contributed by atoms with Crippen molar-refractivity contribution in [3.63, 3.8) is 0 Å².